The first-order valence-electron chi connectivity index (χ1n) is 33.7. The summed E-state index contributed by atoms with van der Waals surface area (Å²) in [6, 6.07) is -8.38. The van der Waals surface area contributed by atoms with Crippen LogP contribution in [0.5, 0.6) is 5.75 Å². The molecular weight excluding hydrogens is 1250 g/mol. The maximum Gasteiger partial charge on any atom is 0.387 e. The summed E-state index contributed by atoms with van der Waals surface area (Å²) in [5.74, 6) is -10.8. The molecule has 96 heavy (non-hydrogen) atoms. The number of ether oxygens (including phenoxy) is 1. The number of aliphatic hydroxyl groups is 1. The molecule has 542 valence electrons. The molecule has 12 atom stereocenters. The highest BCUT2D eigenvalue weighted by Gasteiger charge is 2.44. The predicted octanol–water partition coefficient (Wildman–Crippen LogP) is 3.26. The number of carbonyl (C=O) groups is 12. The van der Waals surface area contributed by atoms with E-state index in [1.807, 2.05) is 55.4 Å². The Morgan fingerprint density at radius 1 is 0.531 bits per heavy atom. The fraction of sp³-hybridized carbons (Fsp3) is 0.735. The lowest BCUT2D eigenvalue weighted by Gasteiger charge is -2.38. The van der Waals surface area contributed by atoms with Gasteiger partial charge in [0.05, 0.1) is 19.1 Å². The Kier molecular flexibility index (Phi) is 32.6. The van der Waals surface area contributed by atoms with Gasteiger partial charge in [-0.15, -0.1) is 0 Å². The Morgan fingerprint density at radius 3 is 1.53 bits per heavy atom. The molecule has 0 unspecified atom stereocenters. The van der Waals surface area contributed by atoms with Crippen LogP contribution in [0.4, 0.5) is 8.78 Å². The number of nitrogens with zero attached hydrogens (tertiary/aromatic N) is 8. The van der Waals surface area contributed by atoms with Gasteiger partial charge >= 0.3 is 6.61 Å². The van der Waals surface area contributed by atoms with E-state index in [1.54, 1.807) is 18.7 Å². The largest absolute Gasteiger partial charge is 0.435 e. The standard InChI is InChI=1S/C68H112F2N12O14/c1-21-42(10)57-61(89)74-56(45(13)83)67(95)75(14)37-55(85)78(17)51(32-39(4)5)59(87)73-50(65(93)82-29-23-22-24-30-82)36-54(84)76(15)43(11)58(86)71-48(31-38(2)3)64(92)80(19)53(34-41(8)9)66(94)79(18)52(33-40(6)7)60(88)72-49(63(91)77(16)44(12)62(90)81(57)20)35-46-25-27-47(28-26-46)96-68(69)70/h25-28,38-45,48-53,56-57,68,83H,21-24,29-37H2,1-20H3,(H,71,86)(H,72,88)(H,73,87)(H,74,89)/t42-,43-,44-,45+,48-,49-,50-,51-,52-,53-,56-,57-/m0/s1. The first kappa shape index (κ1) is 82.7. The van der Waals surface area contributed by atoms with Gasteiger partial charge in [-0.05, 0) is 113 Å². The van der Waals surface area contributed by atoms with Gasteiger partial charge in [0.15, 0.2) is 0 Å². The Morgan fingerprint density at radius 2 is 1.02 bits per heavy atom. The molecular formula is C68H112F2N12O14. The van der Waals surface area contributed by atoms with Gasteiger partial charge in [-0.1, -0.05) is 87.8 Å². The van der Waals surface area contributed by atoms with Gasteiger partial charge in [0.2, 0.25) is 70.9 Å². The average molecular weight is 1360 g/mol. The van der Waals surface area contributed by atoms with Crippen molar-refractivity contribution in [3.8, 4) is 5.75 Å². The molecule has 0 saturated carbocycles. The number of rotatable bonds is 16. The van der Waals surface area contributed by atoms with E-state index >= 15 is 14.4 Å². The zero-order valence-corrected chi connectivity index (χ0v) is 60.4. The summed E-state index contributed by atoms with van der Waals surface area (Å²) >= 11 is 0. The minimum Gasteiger partial charge on any atom is -0.435 e. The number of amides is 12. The normalized spacial score (nSPS) is 26.0. The average Bonchev–Trinajstić information content (AvgIpc) is 0.828. The summed E-state index contributed by atoms with van der Waals surface area (Å²) in [5, 5.41) is 22.1. The molecule has 1 aromatic rings. The lowest BCUT2D eigenvalue weighted by Crippen LogP contribution is -2.62. The molecule has 0 spiro atoms. The van der Waals surface area contributed by atoms with Crippen LogP contribution in [0.3, 0.4) is 0 Å². The summed E-state index contributed by atoms with van der Waals surface area (Å²) in [4.78, 5) is 186. The van der Waals surface area contributed by atoms with E-state index < -0.39 is 163 Å². The Balaban J connectivity index is 2.34. The van der Waals surface area contributed by atoms with Crippen LogP contribution in [0, 0.1) is 29.6 Å². The number of benzene rings is 1. The van der Waals surface area contributed by atoms with Crippen LogP contribution in [-0.2, 0) is 64.0 Å². The summed E-state index contributed by atoms with van der Waals surface area (Å²) in [7, 11) is 9.41. The molecule has 2 fully saturated rings. The molecule has 2 saturated heterocycles. The number of halogens is 2. The minimum atomic E-state index is -3.14. The number of nitrogens with one attached hydrogen (secondary N) is 4. The molecule has 28 heteroatoms. The van der Waals surface area contributed by atoms with E-state index in [-0.39, 0.29) is 61.5 Å². The maximum absolute atomic E-state index is 15.2. The molecule has 0 bridgehead atoms. The number of hydrogen-bond acceptors (Lipinski definition) is 14. The van der Waals surface area contributed by atoms with Crippen molar-refractivity contribution < 1.29 is 76.2 Å². The van der Waals surface area contributed by atoms with Crippen molar-refractivity contribution in [2.75, 3.05) is 69.0 Å². The second-order valence-corrected chi connectivity index (χ2v) is 28.0. The van der Waals surface area contributed by atoms with E-state index in [4.69, 9.17) is 0 Å². The number of carbonyl (C=O) groups excluding carboxylic acids is 12. The molecule has 26 nitrogen and oxygen atoms in total. The second kappa shape index (κ2) is 37.8. The van der Waals surface area contributed by atoms with Crippen molar-refractivity contribution in [1.82, 2.24) is 60.5 Å². The Bertz CT molecular complexity index is 2840. The van der Waals surface area contributed by atoms with E-state index in [1.165, 1.54) is 104 Å². The molecule has 12 amide bonds. The first-order valence-corrected chi connectivity index (χ1v) is 33.7. The molecule has 2 aliphatic heterocycles. The predicted molar refractivity (Wildman–Crippen MR) is 357 cm³/mol. The molecule has 2 heterocycles. The zero-order valence-electron chi connectivity index (χ0n) is 60.4. The van der Waals surface area contributed by atoms with Crippen molar-refractivity contribution in [2.45, 2.75) is 227 Å². The van der Waals surface area contributed by atoms with Crippen LogP contribution in [0.2, 0.25) is 0 Å². The highest BCUT2D eigenvalue weighted by atomic mass is 19.3. The molecule has 3 rings (SSSR count). The molecule has 5 N–H and O–H groups in total. The topological polar surface area (TPSA) is 308 Å². The first-order chi connectivity index (χ1) is 44.7. The summed E-state index contributed by atoms with van der Waals surface area (Å²) in [6.07, 6.45) is 0.297. The van der Waals surface area contributed by atoms with Crippen LogP contribution in [0.15, 0.2) is 24.3 Å². The van der Waals surface area contributed by atoms with Crippen molar-refractivity contribution >= 4 is 70.9 Å². The van der Waals surface area contributed by atoms with Crippen LogP contribution in [-0.4, -0.2) is 257 Å². The second-order valence-electron chi connectivity index (χ2n) is 28.0. The number of likely N-dealkylation sites (tertiary alicyclic amines) is 1. The van der Waals surface area contributed by atoms with Crippen LogP contribution in [0.1, 0.15) is 153 Å². The highest BCUT2D eigenvalue weighted by Crippen LogP contribution is 2.25. The summed E-state index contributed by atoms with van der Waals surface area (Å²) in [5.41, 5.74) is 0.361. The van der Waals surface area contributed by atoms with Crippen molar-refractivity contribution in [1.29, 1.82) is 0 Å². The van der Waals surface area contributed by atoms with E-state index in [2.05, 4.69) is 26.0 Å². The van der Waals surface area contributed by atoms with Gasteiger partial charge in [0, 0.05) is 68.8 Å². The van der Waals surface area contributed by atoms with E-state index in [9.17, 15) is 57.0 Å². The number of aliphatic hydroxyl groups excluding tert-OH is 1. The fourth-order valence-corrected chi connectivity index (χ4v) is 11.9. The molecule has 0 radical (unpaired) electrons. The third-order valence-electron chi connectivity index (χ3n) is 18.3. The van der Waals surface area contributed by atoms with Gasteiger partial charge in [0.1, 0.15) is 66.2 Å². The van der Waals surface area contributed by atoms with Gasteiger partial charge in [-0.25, -0.2) is 0 Å². The van der Waals surface area contributed by atoms with E-state index in [0.717, 1.165) is 30.9 Å². The molecule has 0 aromatic heterocycles. The summed E-state index contributed by atoms with van der Waals surface area (Å²) in [6.45, 7) is 19.0. The number of hydrogen-bond donors (Lipinski definition) is 5. The van der Waals surface area contributed by atoms with Gasteiger partial charge in [-0.2, -0.15) is 8.78 Å². The monoisotopic (exact) mass is 1360 g/mol. The van der Waals surface area contributed by atoms with Crippen molar-refractivity contribution in [3.05, 3.63) is 29.8 Å². The lowest BCUT2D eigenvalue weighted by atomic mass is 9.95. The molecule has 1 aromatic carbocycles. The quantitative estimate of drug-likeness (QED) is 0.159. The third-order valence-corrected chi connectivity index (χ3v) is 18.3. The Labute approximate surface area is 567 Å². The SMILES string of the molecule is CC[C@H](C)[C@H]1C(=O)N[C@@H]([C@@H](C)O)C(=O)N(C)CC(=O)N(C)[C@@H](CC(C)C)C(=O)N[C@H](C(=O)N2CCCCC2)CC(=O)N(C)[C@@H](C)C(=O)N[C@@H](CC(C)C)C(=O)N(C)[C@@H](CC(C)C)C(=O)N(C)[C@@H](CC(C)C)C(=O)N[C@@H](Cc2ccc(OC(F)F)cc2)C(=O)N(C)[C@@H](C)C(=O)N1C. The van der Waals surface area contributed by atoms with Gasteiger partial charge in [-0.3, -0.25) is 57.5 Å². The van der Waals surface area contributed by atoms with Crippen LogP contribution in [0.25, 0.3) is 0 Å². The Hall–Kier alpha value is -7.52. The van der Waals surface area contributed by atoms with Crippen LogP contribution < -0.4 is 26.0 Å². The molecule has 0 aliphatic carbocycles. The van der Waals surface area contributed by atoms with Gasteiger partial charge < -0.3 is 70.3 Å². The fourth-order valence-electron chi connectivity index (χ4n) is 11.9. The lowest BCUT2D eigenvalue weighted by molar-refractivity contribution is -0.151. The van der Waals surface area contributed by atoms with Crippen molar-refractivity contribution in [2.24, 2.45) is 29.6 Å². The zero-order chi connectivity index (χ0) is 73.1. The molecule has 2 aliphatic rings. The maximum atomic E-state index is 15.2. The van der Waals surface area contributed by atoms with E-state index in [0.29, 0.717) is 37.9 Å². The number of alkyl halides is 2. The van der Waals surface area contributed by atoms with Gasteiger partial charge in [0.25, 0.3) is 0 Å². The van der Waals surface area contributed by atoms with Crippen molar-refractivity contribution in [3.63, 3.8) is 0 Å². The number of likely N-dealkylation sites (N-methyl/N-ethyl adjacent to an activating group) is 7. The smallest absolute Gasteiger partial charge is 0.387 e. The number of piperidine rings is 1. The third kappa shape index (κ3) is 23.4. The van der Waals surface area contributed by atoms with Crippen LogP contribution >= 0.6 is 0 Å². The summed E-state index contributed by atoms with van der Waals surface area (Å²) < 4.78 is 31.1. The minimum absolute atomic E-state index is 0.0386. The highest BCUT2D eigenvalue weighted by molar-refractivity contribution is 6.00.